The number of hydrogen-bond acceptors (Lipinski definition) is 3. The second kappa shape index (κ2) is 3.99. The van der Waals surface area contributed by atoms with E-state index in [-0.39, 0.29) is 5.69 Å². The maximum atomic E-state index is 12.1. The topological polar surface area (TPSA) is 55.7 Å². The molecular formula is C10H8F3NO3. The molecular weight excluding hydrogens is 239 g/mol. The van der Waals surface area contributed by atoms with Crippen molar-refractivity contribution >= 4 is 5.69 Å². The second-order valence-corrected chi connectivity index (χ2v) is 3.77. The van der Waals surface area contributed by atoms with Crippen LogP contribution in [0.3, 0.4) is 0 Å². The van der Waals surface area contributed by atoms with Crippen LogP contribution < -0.4 is 0 Å². The smallest absolute Gasteiger partial charge is 0.364 e. The van der Waals surface area contributed by atoms with Gasteiger partial charge in [0.25, 0.3) is 5.69 Å². The first-order chi connectivity index (χ1) is 7.87. The summed E-state index contributed by atoms with van der Waals surface area (Å²) in [5.41, 5.74) is 0.261. The molecule has 1 saturated heterocycles. The van der Waals surface area contributed by atoms with Crippen LogP contribution in [0.25, 0.3) is 0 Å². The van der Waals surface area contributed by atoms with Crippen molar-refractivity contribution < 1.29 is 22.8 Å². The van der Waals surface area contributed by atoms with Gasteiger partial charge in [-0.05, 0) is 5.56 Å². The van der Waals surface area contributed by atoms with Gasteiger partial charge in [0.05, 0.1) is 17.4 Å². The average Bonchev–Trinajstić information content (AvgIpc) is 2.94. The van der Waals surface area contributed by atoms with Crippen LogP contribution in [0.15, 0.2) is 24.3 Å². The molecule has 1 aliphatic heterocycles. The largest absolute Gasteiger partial charge is 0.391 e. The molecule has 0 saturated carbocycles. The fourth-order valence-corrected chi connectivity index (χ4v) is 1.63. The summed E-state index contributed by atoms with van der Waals surface area (Å²) >= 11 is 0. The highest BCUT2D eigenvalue weighted by Crippen LogP contribution is 2.45. The molecule has 2 atom stereocenters. The number of rotatable bonds is 3. The summed E-state index contributed by atoms with van der Waals surface area (Å²) in [7, 11) is 0. The highest BCUT2D eigenvalue weighted by Gasteiger charge is 2.47. The van der Waals surface area contributed by atoms with Gasteiger partial charge in [0, 0.05) is 12.1 Å². The standard InChI is InChI=1S/C10H8F3NO3/c11-10(12,13)5-8-9(17-8)6-2-1-3-7(4-6)14(15)16/h1-4,8-9H,5H2/t8-,9-/m1/s1. The molecule has 0 aliphatic carbocycles. The normalized spacial score (nSPS) is 23.5. The van der Waals surface area contributed by atoms with Gasteiger partial charge in [-0.3, -0.25) is 10.1 Å². The summed E-state index contributed by atoms with van der Waals surface area (Å²) < 4.78 is 41.0. The molecule has 7 heteroatoms. The Morgan fingerprint density at radius 1 is 1.41 bits per heavy atom. The number of non-ortho nitro benzene ring substituents is 1. The Hall–Kier alpha value is -1.63. The predicted octanol–water partition coefficient (Wildman–Crippen LogP) is 2.99. The summed E-state index contributed by atoms with van der Waals surface area (Å²) in [5.74, 6) is 0. The number of benzene rings is 1. The quantitative estimate of drug-likeness (QED) is 0.468. The number of nitrogens with zero attached hydrogens (tertiary/aromatic N) is 1. The van der Waals surface area contributed by atoms with Gasteiger partial charge in [0.15, 0.2) is 0 Å². The lowest BCUT2D eigenvalue weighted by molar-refractivity contribution is -0.384. The van der Waals surface area contributed by atoms with Crippen LogP contribution in [0, 0.1) is 10.1 Å². The zero-order valence-electron chi connectivity index (χ0n) is 8.48. The van der Waals surface area contributed by atoms with Crippen molar-refractivity contribution in [3.63, 3.8) is 0 Å². The van der Waals surface area contributed by atoms with Crippen molar-refractivity contribution in [3.05, 3.63) is 39.9 Å². The lowest BCUT2D eigenvalue weighted by atomic mass is 10.1. The van der Waals surface area contributed by atoms with Gasteiger partial charge < -0.3 is 4.74 Å². The van der Waals surface area contributed by atoms with E-state index in [0.29, 0.717) is 5.56 Å². The lowest BCUT2D eigenvalue weighted by Crippen LogP contribution is -2.11. The summed E-state index contributed by atoms with van der Waals surface area (Å²) in [4.78, 5) is 9.90. The third-order valence-corrected chi connectivity index (χ3v) is 2.42. The number of halogens is 3. The van der Waals surface area contributed by atoms with Crippen LogP contribution in [-0.4, -0.2) is 17.2 Å². The monoisotopic (exact) mass is 247 g/mol. The third kappa shape index (κ3) is 2.94. The first kappa shape index (κ1) is 11.8. The molecule has 17 heavy (non-hydrogen) atoms. The Morgan fingerprint density at radius 2 is 2.12 bits per heavy atom. The highest BCUT2D eigenvalue weighted by molar-refractivity contribution is 5.37. The molecule has 0 bridgehead atoms. The summed E-state index contributed by atoms with van der Waals surface area (Å²) in [5, 5.41) is 10.5. The van der Waals surface area contributed by atoms with Crippen LogP contribution >= 0.6 is 0 Å². The molecule has 0 unspecified atom stereocenters. The Balaban J connectivity index is 2.06. The molecule has 92 valence electrons. The highest BCUT2D eigenvalue weighted by atomic mass is 19.4. The Kier molecular flexibility index (Phi) is 2.78. The molecule has 2 rings (SSSR count). The summed E-state index contributed by atoms with van der Waals surface area (Å²) in [6.07, 6.45) is -6.91. The first-order valence-corrected chi connectivity index (χ1v) is 4.83. The number of nitro groups is 1. The summed E-state index contributed by atoms with van der Waals surface area (Å²) in [6, 6.07) is 5.47. The zero-order valence-corrected chi connectivity index (χ0v) is 8.48. The number of nitro benzene ring substituents is 1. The van der Waals surface area contributed by atoms with E-state index >= 15 is 0 Å². The van der Waals surface area contributed by atoms with Gasteiger partial charge in [-0.1, -0.05) is 12.1 Å². The van der Waals surface area contributed by atoms with Crippen molar-refractivity contribution in [3.8, 4) is 0 Å². The van der Waals surface area contributed by atoms with Crippen molar-refractivity contribution in [1.82, 2.24) is 0 Å². The molecule has 1 aromatic rings. The van der Waals surface area contributed by atoms with E-state index in [1.54, 1.807) is 0 Å². The Morgan fingerprint density at radius 3 is 2.71 bits per heavy atom. The van der Waals surface area contributed by atoms with Gasteiger partial charge in [-0.15, -0.1) is 0 Å². The van der Waals surface area contributed by atoms with E-state index in [4.69, 9.17) is 4.74 Å². The van der Waals surface area contributed by atoms with Crippen LogP contribution in [0.1, 0.15) is 18.1 Å². The fraction of sp³-hybridized carbons (Fsp3) is 0.400. The minimum absolute atomic E-state index is 0.149. The minimum Gasteiger partial charge on any atom is -0.364 e. The first-order valence-electron chi connectivity index (χ1n) is 4.83. The number of ether oxygens (including phenoxy) is 1. The van der Waals surface area contributed by atoms with E-state index in [2.05, 4.69) is 0 Å². The maximum Gasteiger partial charge on any atom is 0.391 e. The van der Waals surface area contributed by atoms with Crippen molar-refractivity contribution in [2.45, 2.75) is 24.8 Å². The fourth-order valence-electron chi connectivity index (χ4n) is 1.63. The molecule has 1 fully saturated rings. The number of alkyl halides is 3. The van der Waals surface area contributed by atoms with Crippen LogP contribution in [0.4, 0.5) is 18.9 Å². The minimum atomic E-state index is -4.28. The zero-order chi connectivity index (χ0) is 12.6. The molecule has 0 aromatic heterocycles. The van der Waals surface area contributed by atoms with Gasteiger partial charge in [0.2, 0.25) is 0 Å². The van der Waals surface area contributed by atoms with Crippen LogP contribution in [-0.2, 0) is 4.74 Å². The molecule has 0 amide bonds. The SMILES string of the molecule is O=[N+]([O-])c1cccc([C@H]2O[C@@H]2CC(F)(F)F)c1. The van der Waals surface area contributed by atoms with E-state index in [9.17, 15) is 23.3 Å². The number of epoxide rings is 1. The van der Waals surface area contributed by atoms with Gasteiger partial charge in [-0.2, -0.15) is 13.2 Å². The predicted molar refractivity (Wildman–Crippen MR) is 51.4 cm³/mol. The van der Waals surface area contributed by atoms with Crippen molar-refractivity contribution in [2.24, 2.45) is 0 Å². The lowest BCUT2D eigenvalue weighted by Gasteiger charge is -2.02. The third-order valence-electron chi connectivity index (χ3n) is 2.42. The molecule has 0 radical (unpaired) electrons. The van der Waals surface area contributed by atoms with Crippen LogP contribution in [0.2, 0.25) is 0 Å². The van der Waals surface area contributed by atoms with Crippen molar-refractivity contribution in [1.29, 1.82) is 0 Å². The summed E-state index contributed by atoms with van der Waals surface area (Å²) in [6.45, 7) is 0. The van der Waals surface area contributed by atoms with E-state index in [0.717, 1.165) is 0 Å². The van der Waals surface area contributed by atoms with E-state index in [1.807, 2.05) is 0 Å². The second-order valence-electron chi connectivity index (χ2n) is 3.77. The molecule has 1 aliphatic rings. The molecule has 0 N–H and O–H groups in total. The molecule has 0 spiro atoms. The Labute approximate surface area is 94.1 Å². The van der Waals surface area contributed by atoms with Gasteiger partial charge >= 0.3 is 6.18 Å². The maximum absolute atomic E-state index is 12.1. The Bertz CT molecular complexity index is 447. The molecule has 4 nitrogen and oxygen atoms in total. The van der Waals surface area contributed by atoms with Crippen molar-refractivity contribution in [2.75, 3.05) is 0 Å². The van der Waals surface area contributed by atoms with Crippen LogP contribution in [0.5, 0.6) is 0 Å². The van der Waals surface area contributed by atoms with E-state index < -0.39 is 29.7 Å². The molecule has 1 heterocycles. The van der Waals surface area contributed by atoms with Gasteiger partial charge in [-0.25, -0.2) is 0 Å². The van der Waals surface area contributed by atoms with Gasteiger partial charge in [0.1, 0.15) is 6.10 Å². The average molecular weight is 247 g/mol. The van der Waals surface area contributed by atoms with E-state index in [1.165, 1.54) is 24.3 Å². The number of hydrogen-bond donors (Lipinski definition) is 0. The molecule has 1 aromatic carbocycles.